The number of hydrogen-bond acceptors (Lipinski definition) is 3. The van der Waals surface area contributed by atoms with Crippen LogP contribution in [0.3, 0.4) is 0 Å². The number of benzene rings is 1. The summed E-state index contributed by atoms with van der Waals surface area (Å²) >= 11 is 5.36. The molecule has 1 heterocycles. The van der Waals surface area contributed by atoms with Crippen LogP contribution in [-0.4, -0.2) is 30.0 Å². The van der Waals surface area contributed by atoms with Crippen LogP contribution < -0.4 is 10.6 Å². The molecule has 1 atom stereocenters. The van der Waals surface area contributed by atoms with Crippen molar-refractivity contribution < 1.29 is 4.79 Å². The average Bonchev–Trinajstić information content (AvgIpc) is 2.39. The van der Waals surface area contributed by atoms with Gasteiger partial charge in [0.25, 0.3) is 0 Å². The van der Waals surface area contributed by atoms with E-state index in [1.807, 2.05) is 17.8 Å². The highest BCUT2D eigenvalue weighted by Crippen LogP contribution is 2.16. The highest BCUT2D eigenvalue weighted by atomic mass is 79.9. The fourth-order valence-electron chi connectivity index (χ4n) is 2.10. The number of nitrogens with one attached hydrogen (secondary N) is 2. The topological polar surface area (TPSA) is 41.1 Å². The molecule has 3 nitrogen and oxygen atoms in total. The zero-order valence-corrected chi connectivity index (χ0v) is 14.7. The zero-order chi connectivity index (χ0) is 13.7. The lowest BCUT2D eigenvalue weighted by atomic mass is 10.1. The van der Waals surface area contributed by atoms with Crippen LogP contribution in [0.15, 0.2) is 22.7 Å². The molecule has 0 saturated carbocycles. The second kappa shape index (κ2) is 8.93. The molecule has 1 saturated heterocycles. The van der Waals surface area contributed by atoms with E-state index in [0.29, 0.717) is 19.0 Å². The molecule has 0 aliphatic carbocycles. The summed E-state index contributed by atoms with van der Waals surface area (Å²) in [4.78, 5) is 11.9. The van der Waals surface area contributed by atoms with Crippen LogP contribution in [0.25, 0.3) is 0 Å². The van der Waals surface area contributed by atoms with Crippen molar-refractivity contribution in [3.05, 3.63) is 33.8 Å². The smallest absolute Gasteiger partial charge is 0.221 e. The van der Waals surface area contributed by atoms with Crippen molar-refractivity contribution in [3.63, 3.8) is 0 Å². The monoisotopic (exact) mass is 378 g/mol. The fraction of sp³-hybridized carbons (Fsp3) is 0.500. The van der Waals surface area contributed by atoms with Gasteiger partial charge in [0.2, 0.25) is 5.91 Å². The molecule has 1 unspecified atom stereocenters. The van der Waals surface area contributed by atoms with Crippen LogP contribution in [0.1, 0.15) is 17.5 Å². The second-order valence-corrected chi connectivity index (χ2v) is 6.84. The van der Waals surface area contributed by atoms with E-state index < -0.39 is 0 Å². The summed E-state index contributed by atoms with van der Waals surface area (Å²) < 4.78 is 1.07. The van der Waals surface area contributed by atoms with Crippen molar-refractivity contribution in [1.82, 2.24) is 10.6 Å². The number of rotatable bonds is 4. The highest BCUT2D eigenvalue weighted by molar-refractivity contribution is 9.10. The summed E-state index contributed by atoms with van der Waals surface area (Å²) in [7, 11) is 0. The van der Waals surface area contributed by atoms with Gasteiger partial charge in [-0.15, -0.1) is 12.4 Å². The van der Waals surface area contributed by atoms with Gasteiger partial charge in [0.05, 0.1) is 0 Å². The summed E-state index contributed by atoms with van der Waals surface area (Å²) in [5.41, 5.74) is 2.36. The van der Waals surface area contributed by atoms with Crippen molar-refractivity contribution in [3.8, 4) is 0 Å². The Hall–Kier alpha value is -0.230. The molecular weight excluding hydrogens is 360 g/mol. The zero-order valence-electron chi connectivity index (χ0n) is 11.4. The van der Waals surface area contributed by atoms with Crippen LogP contribution in [0.5, 0.6) is 0 Å². The molecule has 1 aliphatic rings. The van der Waals surface area contributed by atoms with Crippen LogP contribution in [0.2, 0.25) is 0 Å². The Morgan fingerprint density at radius 1 is 1.55 bits per heavy atom. The van der Waals surface area contributed by atoms with E-state index in [4.69, 9.17) is 0 Å². The van der Waals surface area contributed by atoms with Gasteiger partial charge in [-0.3, -0.25) is 4.79 Å². The molecule has 0 aromatic heterocycles. The SMILES string of the molecule is Cc1cc(Br)ccc1CNC(=O)CC1CSCCN1.Cl. The number of halogens is 2. The molecular formula is C14H20BrClN2OS. The van der Waals surface area contributed by atoms with Crippen molar-refractivity contribution in [2.24, 2.45) is 0 Å². The molecule has 112 valence electrons. The number of thioether (sulfide) groups is 1. The third-order valence-electron chi connectivity index (χ3n) is 3.21. The van der Waals surface area contributed by atoms with Crippen LogP contribution in [-0.2, 0) is 11.3 Å². The molecule has 1 aliphatic heterocycles. The van der Waals surface area contributed by atoms with Crippen LogP contribution in [0.4, 0.5) is 0 Å². The Morgan fingerprint density at radius 3 is 3.00 bits per heavy atom. The molecule has 0 radical (unpaired) electrons. The molecule has 2 rings (SSSR count). The Bertz CT molecular complexity index is 453. The van der Waals surface area contributed by atoms with E-state index in [-0.39, 0.29) is 18.3 Å². The van der Waals surface area contributed by atoms with E-state index in [1.165, 1.54) is 11.1 Å². The molecule has 1 aromatic carbocycles. The maximum absolute atomic E-state index is 11.9. The third-order valence-corrected chi connectivity index (χ3v) is 4.84. The lowest BCUT2D eigenvalue weighted by Gasteiger charge is -2.22. The minimum Gasteiger partial charge on any atom is -0.352 e. The standard InChI is InChI=1S/C14H19BrN2OS.ClH/c1-10-6-12(15)3-2-11(10)8-17-14(18)7-13-9-19-5-4-16-13;/h2-3,6,13,16H,4-5,7-9H2,1H3,(H,17,18);1H. The number of amides is 1. The number of carbonyl (C=O) groups excluding carboxylic acids is 1. The van der Waals surface area contributed by atoms with Crippen LogP contribution >= 0.6 is 40.1 Å². The largest absolute Gasteiger partial charge is 0.352 e. The van der Waals surface area contributed by atoms with Gasteiger partial charge in [0.15, 0.2) is 0 Å². The van der Waals surface area contributed by atoms with Gasteiger partial charge in [-0.25, -0.2) is 0 Å². The maximum atomic E-state index is 11.9. The Morgan fingerprint density at radius 2 is 2.35 bits per heavy atom. The first-order valence-corrected chi connectivity index (χ1v) is 8.43. The number of aryl methyl sites for hydroxylation is 1. The normalized spacial score (nSPS) is 18.2. The van der Waals surface area contributed by atoms with Gasteiger partial charge in [-0.1, -0.05) is 22.0 Å². The van der Waals surface area contributed by atoms with Crippen molar-refractivity contribution in [2.45, 2.75) is 25.9 Å². The number of carbonyl (C=O) groups is 1. The lowest BCUT2D eigenvalue weighted by molar-refractivity contribution is -0.121. The molecule has 2 N–H and O–H groups in total. The van der Waals surface area contributed by atoms with Gasteiger partial charge in [-0.05, 0) is 30.2 Å². The molecule has 1 fully saturated rings. The maximum Gasteiger partial charge on any atom is 0.221 e. The Kier molecular flexibility index (Phi) is 7.95. The van der Waals surface area contributed by atoms with Gasteiger partial charge in [-0.2, -0.15) is 11.8 Å². The van der Waals surface area contributed by atoms with Gasteiger partial charge in [0.1, 0.15) is 0 Å². The lowest BCUT2D eigenvalue weighted by Crippen LogP contribution is -2.41. The van der Waals surface area contributed by atoms with E-state index >= 15 is 0 Å². The van der Waals surface area contributed by atoms with E-state index in [1.54, 1.807) is 0 Å². The van der Waals surface area contributed by atoms with Gasteiger partial charge in [0, 0.05) is 41.5 Å². The highest BCUT2D eigenvalue weighted by Gasteiger charge is 2.16. The fourth-order valence-corrected chi connectivity index (χ4v) is 3.52. The van der Waals surface area contributed by atoms with Gasteiger partial charge < -0.3 is 10.6 Å². The van der Waals surface area contributed by atoms with Crippen molar-refractivity contribution in [1.29, 1.82) is 0 Å². The summed E-state index contributed by atoms with van der Waals surface area (Å²) in [5, 5.41) is 6.38. The summed E-state index contributed by atoms with van der Waals surface area (Å²) in [6, 6.07) is 6.45. The molecule has 0 bridgehead atoms. The van der Waals surface area contributed by atoms with E-state index in [2.05, 4.69) is 45.6 Å². The van der Waals surface area contributed by atoms with E-state index in [9.17, 15) is 4.79 Å². The Labute approximate surface area is 139 Å². The number of hydrogen-bond donors (Lipinski definition) is 2. The molecule has 20 heavy (non-hydrogen) atoms. The molecule has 0 spiro atoms. The molecule has 6 heteroatoms. The molecule has 1 amide bonds. The molecule has 1 aromatic rings. The minimum absolute atomic E-state index is 0. The average molecular weight is 380 g/mol. The van der Waals surface area contributed by atoms with Crippen molar-refractivity contribution in [2.75, 3.05) is 18.1 Å². The van der Waals surface area contributed by atoms with E-state index in [0.717, 1.165) is 22.5 Å². The minimum atomic E-state index is 0. The first kappa shape index (κ1) is 17.8. The summed E-state index contributed by atoms with van der Waals surface area (Å²) in [5.74, 6) is 2.31. The van der Waals surface area contributed by atoms with Gasteiger partial charge >= 0.3 is 0 Å². The first-order valence-electron chi connectivity index (χ1n) is 6.48. The third kappa shape index (κ3) is 5.64. The first-order chi connectivity index (χ1) is 9.15. The summed E-state index contributed by atoms with van der Waals surface area (Å²) in [6.45, 7) is 3.68. The predicted molar refractivity (Wildman–Crippen MR) is 91.7 cm³/mol. The summed E-state index contributed by atoms with van der Waals surface area (Å²) in [6.07, 6.45) is 0.572. The Balaban J connectivity index is 0.00000200. The second-order valence-electron chi connectivity index (χ2n) is 4.78. The quantitative estimate of drug-likeness (QED) is 0.845. The van der Waals surface area contributed by atoms with Crippen molar-refractivity contribution >= 4 is 46.0 Å². The predicted octanol–water partition coefficient (Wildman–Crippen LogP) is 2.89. The van der Waals surface area contributed by atoms with Crippen LogP contribution in [0, 0.1) is 6.92 Å².